The minimum Gasteiger partial charge on any atom is -0.495 e. The van der Waals surface area contributed by atoms with E-state index in [9.17, 15) is 4.79 Å². The molecular weight excluding hydrogens is 216 g/mol. The SMILES string of the molecule is COc1ccc(C(N)=O)cc1NC(C)C1CC1. The number of nitrogens with one attached hydrogen (secondary N) is 1. The van der Waals surface area contributed by atoms with Crippen molar-refractivity contribution in [2.24, 2.45) is 11.7 Å². The van der Waals surface area contributed by atoms with Crippen molar-refractivity contribution in [3.8, 4) is 5.75 Å². The van der Waals surface area contributed by atoms with Gasteiger partial charge in [-0.2, -0.15) is 0 Å². The molecule has 2 rings (SSSR count). The van der Waals surface area contributed by atoms with Crippen LogP contribution in [0.15, 0.2) is 18.2 Å². The van der Waals surface area contributed by atoms with Gasteiger partial charge in [0.2, 0.25) is 5.91 Å². The predicted octanol–water partition coefficient (Wildman–Crippen LogP) is 2.00. The third-order valence-corrected chi connectivity index (χ3v) is 3.20. The Hall–Kier alpha value is -1.71. The summed E-state index contributed by atoms with van der Waals surface area (Å²) in [6, 6.07) is 5.59. The average molecular weight is 234 g/mol. The number of hydrogen-bond donors (Lipinski definition) is 2. The number of benzene rings is 1. The second-order valence-corrected chi connectivity index (χ2v) is 4.55. The van der Waals surface area contributed by atoms with Crippen LogP contribution in [0.1, 0.15) is 30.1 Å². The lowest BCUT2D eigenvalue weighted by Crippen LogP contribution is -2.18. The van der Waals surface area contributed by atoms with Gasteiger partial charge in [-0.3, -0.25) is 4.79 Å². The lowest BCUT2D eigenvalue weighted by molar-refractivity contribution is 0.100. The third kappa shape index (κ3) is 2.70. The van der Waals surface area contributed by atoms with Crippen LogP contribution in [0, 0.1) is 5.92 Å². The normalized spacial score (nSPS) is 16.4. The molecule has 0 heterocycles. The first-order valence-electron chi connectivity index (χ1n) is 5.86. The first-order valence-corrected chi connectivity index (χ1v) is 5.86. The van der Waals surface area contributed by atoms with E-state index in [-0.39, 0.29) is 0 Å². The average Bonchev–Trinajstić information content (AvgIpc) is 3.12. The minimum absolute atomic E-state index is 0.395. The summed E-state index contributed by atoms with van der Waals surface area (Å²) in [7, 11) is 1.62. The van der Waals surface area contributed by atoms with Gasteiger partial charge in [-0.1, -0.05) is 0 Å². The minimum atomic E-state index is -0.422. The first-order chi connectivity index (χ1) is 8.11. The highest BCUT2D eigenvalue weighted by Crippen LogP contribution is 2.35. The zero-order valence-corrected chi connectivity index (χ0v) is 10.2. The molecule has 92 valence electrons. The fraction of sp³-hybridized carbons (Fsp3) is 0.462. The molecule has 4 nitrogen and oxygen atoms in total. The summed E-state index contributed by atoms with van der Waals surface area (Å²) in [5.74, 6) is 1.05. The molecule has 1 atom stereocenters. The van der Waals surface area contributed by atoms with Gasteiger partial charge in [-0.15, -0.1) is 0 Å². The summed E-state index contributed by atoms with van der Waals surface area (Å²) in [5.41, 5.74) is 6.60. The van der Waals surface area contributed by atoms with Crippen LogP contribution in [-0.2, 0) is 0 Å². The molecule has 1 aliphatic rings. The maximum Gasteiger partial charge on any atom is 0.248 e. The van der Waals surface area contributed by atoms with Gasteiger partial charge in [0.25, 0.3) is 0 Å². The van der Waals surface area contributed by atoms with Gasteiger partial charge >= 0.3 is 0 Å². The van der Waals surface area contributed by atoms with Crippen molar-refractivity contribution in [1.29, 1.82) is 0 Å². The monoisotopic (exact) mass is 234 g/mol. The Morgan fingerprint density at radius 2 is 2.24 bits per heavy atom. The van der Waals surface area contributed by atoms with Crippen LogP contribution in [0.25, 0.3) is 0 Å². The molecule has 0 spiro atoms. The van der Waals surface area contributed by atoms with E-state index in [1.165, 1.54) is 12.8 Å². The summed E-state index contributed by atoms with van der Waals surface area (Å²) < 4.78 is 5.27. The van der Waals surface area contributed by atoms with Crippen molar-refractivity contribution in [2.75, 3.05) is 12.4 Å². The number of hydrogen-bond acceptors (Lipinski definition) is 3. The second kappa shape index (κ2) is 4.65. The number of carbonyl (C=O) groups is 1. The molecule has 1 fully saturated rings. The van der Waals surface area contributed by atoms with Crippen molar-refractivity contribution in [3.05, 3.63) is 23.8 Å². The van der Waals surface area contributed by atoms with Gasteiger partial charge in [0.15, 0.2) is 0 Å². The summed E-state index contributed by atoms with van der Waals surface area (Å²) in [4.78, 5) is 11.1. The number of rotatable bonds is 5. The maximum absolute atomic E-state index is 11.1. The van der Waals surface area contributed by atoms with Gasteiger partial charge in [0.1, 0.15) is 5.75 Å². The van der Waals surface area contributed by atoms with Crippen molar-refractivity contribution < 1.29 is 9.53 Å². The summed E-state index contributed by atoms with van der Waals surface area (Å²) >= 11 is 0. The number of nitrogens with two attached hydrogens (primary N) is 1. The van der Waals surface area contributed by atoms with E-state index >= 15 is 0 Å². The molecule has 1 aliphatic carbocycles. The van der Waals surface area contributed by atoms with Gasteiger partial charge in [0, 0.05) is 11.6 Å². The largest absolute Gasteiger partial charge is 0.495 e. The molecule has 1 saturated carbocycles. The fourth-order valence-electron chi connectivity index (χ4n) is 1.93. The Morgan fingerprint density at radius 1 is 1.53 bits per heavy atom. The fourth-order valence-corrected chi connectivity index (χ4v) is 1.93. The molecule has 0 saturated heterocycles. The van der Waals surface area contributed by atoms with E-state index in [4.69, 9.17) is 10.5 Å². The summed E-state index contributed by atoms with van der Waals surface area (Å²) in [6.07, 6.45) is 2.54. The Bertz CT molecular complexity index is 427. The van der Waals surface area contributed by atoms with E-state index in [0.29, 0.717) is 11.6 Å². The molecule has 1 aromatic carbocycles. The Labute approximate surface area is 101 Å². The molecule has 3 N–H and O–H groups in total. The standard InChI is InChI=1S/C13H18N2O2/c1-8(9-3-4-9)15-11-7-10(13(14)16)5-6-12(11)17-2/h5-9,15H,3-4H2,1-2H3,(H2,14,16). The molecule has 4 heteroatoms. The van der Waals surface area contributed by atoms with Crippen molar-refractivity contribution >= 4 is 11.6 Å². The quantitative estimate of drug-likeness (QED) is 0.819. The molecule has 0 aliphatic heterocycles. The number of methoxy groups -OCH3 is 1. The first kappa shape index (κ1) is 11.8. The summed E-state index contributed by atoms with van der Waals surface area (Å²) in [6.45, 7) is 2.15. The van der Waals surface area contributed by atoms with Gasteiger partial charge in [-0.05, 0) is 43.9 Å². The van der Waals surface area contributed by atoms with Gasteiger partial charge in [0.05, 0.1) is 12.8 Å². The molecule has 0 radical (unpaired) electrons. The highest BCUT2D eigenvalue weighted by atomic mass is 16.5. The molecule has 1 amide bonds. The lowest BCUT2D eigenvalue weighted by Gasteiger charge is -2.17. The van der Waals surface area contributed by atoms with Crippen LogP contribution in [0.4, 0.5) is 5.69 Å². The van der Waals surface area contributed by atoms with Crippen molar-refractivity contribution in [1.82, 2.24) is 0 Å². The molecule has 0 aromatic heterocycles. The Morgan fingerprint density at radius 3 is 2.76 bits per heavy atom. The zero-order valence-electron chi connectivity index (χ0n) is 10.2. The highest BCUT2D eigenvalue weighted by Gasteiger charge is 2.28. The molecule has 1 aromatic rings. The van der Waals surface area contributed by atoms with E-state index in [2.05, 4.69) is 12.2 Å². The summed E-state index contributed by atoms with van der Waals surface area (Å²) in [5, 5.41) is 3.39. The number of primary amides is 1. The Balaban J connectivity index is 2.21. The smallest absolute Gasteiger partial charge is 0.248 e. The Kier molecular flexibility index (Phi) is 3.22. The van der Waals surface area contributed by atoms with Gasteiger partial charge in [-0.25, -0.2) is 0 Å². The van der Waals surface area contributed by atoms with E-state index in [1.54, 1.807) is 25.3 Å². The maximum atomic E-state index is 11.1. The van der Waals surface area contributed by atoms with Crippen LogP contribution < -0.4 is 15.8 Å². The number of carbonyl (C=O) groups excluding carboxylic acids is 1. The highest BCUT2D eigenvalue weighted by molar-refractivity contribution is 5.94. The number of amides is 1. The molecular formula is C13H18N2O2. The molecule has 0 bridgehead atoms. The van der Waals surface area contributed by atoms with Crippen LogP contribution in [0.5, 0.6) is 5.75 Å². The van der Waals surface area contributed by atoms with Crippen LogP contribution in [0.2, 0.25) is 0 Å². The number of ether oxygens (including phenoxy) is 1. The second-order valence-electron chi connectivity index (χ2n) is 4.55. The third-order valence-electron chi connectivity index (χ3n) is 3.20. The zero-order chi connectivity index (χ0) is 12.4. The number of anilines is 1. The molecule has 17 heavy (non-hydrogen) atoms. The molecule has 1 unspecified atom stereocenters. The van der Waals surface area contributed by atoms with Crippen LogP contribution in [0.3, 0.4) is 0 Å². The van der Waals surface area contributed by atoms with Crippen LogP contribution >= 0.6 is 0 Å². The lowest BCUT2D eigenvalue weighted by atomic mass is 10.1. The van der Waals surface area contributed by atoms with Crippen molar-refractivity contribution in [3.63, 3.8) is 0 Å². The van der Waals surface area contributed by atoms with E-state index in [0.717, 1.165) is 17.4 Å². The van der Waals surface area contributed by atoms with Crippen LogP contribution in [-0.4, -0.2) is 19.1 Å². The van der Waals surface area contributed by atoms with E-state index < -0.39 is 5.91 Å². The predicted molar refractivity (Wildman–Crippen MR) is 67.3 cm³/mol. The van der Waals surface area contributed by atoms with Crippen molar-refractivity contribution in [2.45, 2.75) is 25.8 Å². The van der Waals surface area contributed by atoms with E-state index in [1.807, 2.05) is 0 Å². The van der Waals surface area contributed by atoms with Gasteiger partial charge < -0.3 is 15.8 Å². The topological polar surface area (TPSA) is 64.3 Å².